The molecule has 0 bridgehead atoms. The molecule has 0 unspecified atom stereocenters. The molecule has 1 aromatic carbocycles. The molecule has 2 N–H and O–H groups in total. The van der Waals surface area contributed by atoms with Crippen LogP contribution >= 0.6 is 11.6 Å². The predicted octanol–water partition coefficient (Wildman–Crippen LogP) is 2.69. The van der Waals surface area contributed by atoms with E-state index in [2.05, 4.69) is 5.32 Å². The summed E-state index contributed by atoms with van der Waals surface area (Å²) >= 11 is 5.56. The lowest BCUT2D eigenvalue weighted by molar-refractivity contribution is -0.188. The highest BCUT2D eigenvalue weighted by Crippen LogP contribution is 2.43. The highest BCUT2D eigenvalue weighted by molar-refractivity contribution is 6.32. The summed E-state index contributed by atoms with van der Waals surface area (Å²) in [5.74, 6) is -1.64. The Morgan fingerprint density at radius 3 is 2.40 bits per heavy atom. The Balaban J connectivity index is 2.46. The number of aromatic hydroxyl groups is 1. The summed E-state index contributed by atoms with van der Waals surface area (Å²) in [6, 6.07) is -0.606. The fourth-order valence-corrected chi connectivity index (χ4v) is 2.53. The average molecular weight is 313 g/mol. The maximum atomic E-state index is 13.3. The Hall–Kier alpha value is -1.05. The van der Waals surface area contributed by atoms with E-state index in [0.29, 0.717) is 19.2 Å². The second-order valence-corrected chi connectivity index (χ2v) is 4.96. The summed E-state index contributed by atoms with van der Waals surface area (Å²) in [7, 11) is 0. The van der Waals surface area contributed by atoms with Gasteiger partial charge in [0.25, 0.3) is 0 Å². The molecule has 1 aliphatic heterocycles. The van der Waals surface area contributed by atoms with Gasteiger partial charge in [0.1, 0.15) is 17.6 Å². The van der Waals surface area contributed by atoms with Crippen LogP contribution in [0, 0.1) is 5.82 Å². The maximum Gasteiger partial charge on any atom is 0.408 e. The SMILES string of the molecule is Oc1c(Cl)cc(F)cc1[C@@H](N1CCNCC1)C(F)(F)F. The molecule has 0 saturated carbocycles. The van der Waals surface area contributed by atoms with Crippen molar-refractivity contribution in [2.75, 3.05) is 26.2 Å². The molecule has 112 valence electrons. The van der Waals surface area contributed by atoms with Crippen LogP contribution in [0.1, 0.15) is 11.6 Å². The summed E-state index contributed by atoms with van der Waals surface area (Å²) in [4.78, 5) is 1.15. The number of alkyl halides is 3. The largest absolute Gasteiger partial charge is 0.506 e. The Morgan fingerprint density at radius 1 is 1.25 bits per heavy atom. The number of hydrogen-bond acceptors (Lipinski definition) is 3. The molecular weight excluding hydrogens is 300 g/mol. The van der Waals surface area contributed by atoms with Crippen LogP contribution in [0.15, 0.2) is 12.1 Å². The van der Waals surface area contributed by atoms with Crippen molar-refractivity contribution in [2.24, 2.45) is 0 Å². The summed E-state index contributed by atoms with van der Waals surface area (Å²) in [5.41, 5.74) is -0.551. The quantitative estimate of drug-likeness (QED) is 0.824. The van der Waals surface area contributed by atoms with Gasteiger partial charge in [0.15, 0.2) is 0 Å². The highest BCUT2D eigenvalue weighted by atomic mass is 35.5. The standard InChI is InChI=1S/C12H13ClF4N2O/c13-9-6-7(14)5-8(10(9)20)11(12(15,16)17)19-3-1-18-2-4-19/h5-6,11,18,20H,1-4H2/t11-/m1/s1. The van der Waals surface area contributed by atoms with E-state index in [1.165, 1.54) is 0 Å². The molecule has 0 aliphatic carbocycles. The Bertz CT molecular complexity index is 489. The van der Waals surface area contributed by atoms with Crippen LogP contribution in [-0.2, 0) is 0 Å². The Morgan fingerprint density at radius 2 is 1.85 bits per heavy atom. The molecule has 20 heavy (non-hydrogen) atoms. The molecule has 0 radical (unpaired) electrons. The first-order chi connectivity index (χ1) is 9.30. The molecular formula is C12H13ClF4N2O. The minimum atomic E-state index is -4.63. The summed E-state index contributed by atoms with van der Waals surface area (Å²) in [6.45, 7) is 1.10. The molecule has 0 amide bonds. The van der Waals surface area contributed by atoms with Gasteiger partial charge < -0.3 is 10.4 Å². The molecule has 1 aliphatic rings. The fraction of sp³-hybridized carbons (Fsp3) is 0.500. The van der Waals surface area contributed by atoms with Crippen molar-refractivity contribution < 1.29 is 22.7 Å². The van der Waals surface area contributed by atoms with Gasteiger partial charge in [-0.2, -0.15) is 13.2 Å². The van der Waals surface area contributed by atoms with Gasteiger partial charge >= 0.3 is 6.18 Å². The second-order valence-electron chi connectivity index (χ2n) is 4.56. The zero-order valence-electron chi connectivity index (χ0n) is 10.3. The number of nitrogens with zero attached hydrogens (tertiary/aromatic N) is 1. The third-order valence-corrected chi connectivity index (χ3v) is 3.47. The number of phenolic OH excluding ortho intramolecular Hbond substituents is 1. The molecule has 1 heterocycles. The van der Waals surface area contributed by atoms with Crippen molar-refractivity contribution in [1.29, 1.82) is 0 Å². The number of rotatable bonds is 2. The van der Waals surface area contributed by atoms with Crippen molar-refractivity contribution in [3.63, 3.8) is 0 Å². The van der Waals surface area contributed by atoms with Crippen LogP contribution in [0.5, 0.6) is 5.75 Å². The van der Waals surface area contributed by atoms with E-state index in [4.69, 9.17) is 11.6 Å². The monoisotopic (exact) mass is 312 g/mol. The Labute approximate surface area is 118 Å². The zero-order chi connectivity index (χ0) is 14.9. The van der Waals surface area contributed by atoms with Crippen molar-refractivity contribution >= 4 is 11.6 Å². The molecule has 1 aromatic rings. The molecule has 1 fully saturated rings. The van der Waals surface area contributed by atoms with Crippen molar-refractivity contribution in [3.8, 4) is 5.75 Å². The van der Waals surface area contributed by atoms with Gasteiger partial charge in [0.2, 0.25) is 0 Å². The lowest BCUT2D eigenvalue weighted by Crippen LogP contribution is -2.49. The van der Waals surface area contributed by atoms with Gasteiger partial charge in [0.05, 0.1) is 5.02 Å². The predicted molar refractivity (Wildman–Crippen MR) is 66.3 cm³/mol. The van der Waals surface area contributed by atoms with E-state index >= 15 is 0 Å². The molecule has 0 aromatic heterocycles. The maximum absolute atomic E-state index is 13.3. The molecule has 2 rings (SSSR count). The van der Waals surface area contributed by atoms with Crippen LogP contribution in [0.3, 0.4) is 0 Å². The lowest BCUT2D eigenvalue weighted by atomic mass is 10.0. The molecule has 1 atom stereocenters. The first kappa shape index (κ1) is 15.3. The van der Waals surface area contributed by atoms with Crippen molar-refractivity contribution in [2.45, 2.75) is 12.2 Å². The fourth-order valence-electron chi connectivity index (χ4n) is 2.31. The third-order valence-electron chi connectivity index (χ3n) is 3.18. The van der Waals surface area contributed by atoms with Crippen molar-refractivity contribution in [3.05, 3.63) is 28.5 Å². The van der Waals surface area contributed by atoms with Gasteiger partial charge in [-0.05, 0) is 12.1 Å². The van der Waals surface area contributed by atoms with Crippen LogP contribution in [0.4, 0.5) is 17.6 Å². The van der Waals surface area contributed by atoms with E-state index in [1.807, 2.05) is 0 Å². The Kier molecular flexibility index (Phi) is 4.41. The topological polar surface area (TPSA) is 35.5 Å². The van der Waals surface area contributed by atoms with E-state index in [1.54, 1.807) is 0 Å². The summed E-state index contributed by atoms with van der Waals surface area (Å²) in [6.07, 6.45) is -4.63. The van der Waals surface area contributed by atoms with E-state index in [0.717, 1.165) is 11.0 Å². The molecule has 0 spiro atoms. The van der Waals surface area contributed by atoms with Crippen LogP contribution < -0.4 is 5.32 Å². The number of halogens is 5. The van der Waals surface area contributed by atoms with E-state index in [9.17, 15) is 22.7 Å². The minimum Gasteiger partial charge on any atom is -0.506 e. The molecule has 3 nitrogen and oxygen atoms in total. The zero-order valence-corrected chi connectivity index (χ0v) is 11.1. The third kappa shape index (κ3) is 3.16. The van der Waals surface area contributed by atoms with Gasteiger partial charge in [-0.1, -0.05) is 11.6 Å². The van der Waals surface area contributed by atoms with Gasteiger partial charge in [0, 0.05) is 31.7 Å². The van der Waals surface area contributed by atoms with E-state index < -0.39 is 34.4 Å². The van der Waals surface area contributed by atoms with Crippen LogP contribution in [0.2, 0.25) is 5.02 Å². The van der Waals surface area contributed by atoms with Gasteiger partial charge in [-0.15, -0.1) is 0 Å². The number of piperazine rings is 1. The van der Waals surface area contributed by atoms with Crippen molar-refractivity contribution in [1.82, 2.24) is 10.2 Å². The lowest BCUT2D eigenvalue weighted by Gasteiger charge is -2.36. The summed E-state index contributed by atoms with van der Waals surface area (Å²) < 4.78 is 53.2. The van der Waals surface area contributed by atoms with Gasteiger partial charge in [-0.3, -0.25) is 4.90 Å². The smallest absolute Gasteiger partial charge is 0.408 e. The van der Waals surface area contributed by atoms with Gasteiger partial charge in [-0.25, -0.2) is 4.39 Å². The van der Waals surface area contributed by atoms with Crippen LogP contribution in [-0.4, -0.2) is 42.4 Å². The second kappa shape index (κ2) is 5.75. The number of phenols is 1. The number of benzene rings is 1. The van der Waals surface area contributed by atoms with Crippen LogP contribution in [0.25, 0.3) is 0 Å². The molecule has 8 heteroatoms. The minimum absolute atomic E-state index is 0.151. The number of hydrogen-bond donors (Lipinski definition) is 2. The summed E-state index contributed by atoms with van der Waals surface area (Å²) in [5, 5.41) is 12.3. The van der Waals surface area contributed by atoms with E-state index in [-0.39, 0.29) is 13.1 Å². The first-order valence-electron chi connectivity index (χ1n) is 6.00. The average Bonchev–Trinajstić information content (AvgIpc) is 2.35. The number of nitrogens with one attached hydrogen (secondary N) is 1. The normalized spacial score (nSPS) is 19.1. The highest BCUT2D eigenvalue weighted by Gasteiger charge is 2.46. The first-order valence-corrected chi connectivity index (χ1v) is 6.38. The molecule has 1 saturated heterocycles.